The van der Waals surface area contributed by atoms with Crippen LogP contribution in [0.5, 0.6) is 0 Å². The molecule has 5 nitrogen and oxygen atoms in total. The molecule has 23 heavy (non-hydrogen) atoms. The van der Waals surface area contributed by atoms with Gasteiger partial charge in [-0.3, -0.25) is 4.79 Å². The summed E-state index contributed by atoms with van der Waals surface area (Å²) in [7, 11) is 0. The van der Waals surface area contributed by atoms with Crippen LogP contribution in [-0.4, -0.2) is 24.8 Å². The van der Waals surface area contributed by atoms with Crippen LogP contribution in [0.1, 0.15) is 22.7 Å². The fraction of sp³-hybridized carbons (Fsp3) is 0.400. The van der Waals surface area contributed by atoms with E-state index in [0.29, 0.717) is 31.1 Å². The van der Waals surface area contributed by atoms with E-state index in [4.69, 9.17) is 4.52 Å². The third kappa shape index (κ3) is 3.26. The molecule has 0 spiro atoms. The Labute approximate surface area is 130 Å². The molecule has 1 unspecified atom stereocenters. The second kappa shape index (κ2) is 5.77. The molecular weight excluding hydrogens is 311 g/mol. The summed E-state index contributed by atoms with van der Waals surface area (Å²) in [6.07, 6.45) is -4.34. The fourth-order valence-corrected chi connectivity index (χ4v) is 2.83. The molecule has 124 valence electrons. The highest BCUT2D eigenvalue weighted by molar-refractivity contribution is 5.39. The Morgan fingerprint density at radius 1 is 1.30 bits per heavy atom. The van der Waals surface area contributed by atoms with Crippen LogP contribution in [0.4, 0.5) is 19.1 Å². The highest BCUT2D eigenvalue weighted by Crippen LogP contribution is 2.32. The van der Waals surface area contributed by atoms with E-state index >= 15 is 0 Å². The van der Waals surface area contributed by atoms with E-state index in [1.807, 2.05) is 4.90 Å². The third-order valence-corrected chi connectivity index (χ3v) is 3.97. The van der Waals surface area contributed by atoms with Gasteiger partial charge in [-0.1, -0.05) is 6.07 Å². The number of anilines is 1. The second-order valence-corrected chi connectivity index (χ2v) is 5.57. The van der Waals surface area contributed by atoms with Crippen LogP contribution >= 0.6 is 0 Å². The lowest BCUT2D eigenvalue weighted by Gasteiger charge is -2.34. The van der Waals surface area contributed by atoms with E-state index in [2.05, 4.69) is 10.5 Å². The van der Waals surface area contributed by atoms with E-state index in [-0.39, 0.29) is 11.6 Å². The van der Waals surface area contributed by atoms with Crippen molar-refractivity contribution in [2.75, 3.05) is 24.5 Å². The number of piperazine rings is 1. The summed E-state index contributed by atoms with van der Waals surface area (Å²) in [5, 5.41) is 5.53. The molecule has 0 saturated carbocycles. The minimum atomic E-state index is -4.34. The first kappa shape index (κ1) is 15.7. The number of aromatic nitrogens is 1. The first-order chi connectivity index (χ1) is 10.8. The zero-order chi connectivity index (χ0) is 16.6. The maximum atomic E-state index is 12.8. The molecule has 0 bridgehead atoms. The molecule has 0 radical (unpaired) electrons. The van der Waals surface area contributed by atoms with Gasteiger partial charge in [0.05, 0.1) is 17.7 Å². The van der Waals surface area contributed by atoms with Crippen molar-refractivity contribution in [2.45, 2.75) is 19.1 Å². The number of alkyl halides is 3. The molecule has 1 aliphatic rings. The lowest BCUT2D eigenvalue weighted by atomic mass is 9.97. The first-order valence-electron chi connectivity index (χ1n) is 7.19. The van der Waals surface area contributed by atoms with Gasteiger partial charge in [0.2, 0.25) is 5.88 Å². The Kier molecular flexibility index (Phi) is 3.93. The molecule has 2 heterocycles. The smallest absolute Gasteiger partial charge is 0.361 e. The SMILES string of the molecule is Cc1cc(C(F)(F)F)ccc1C1CN(c2cc(=O)[nH]o2)CCN1. The number of rotatable bonds is 2. The van der Waals surface area contributed by atoms with Gasteiger partial charge in [-0.25, -0.2) is 0 Å². The van der Waals surface area contributed by atoms with Crippen LogP contribution in [0.2, 0.25) is 0 Å². The molecule has 1 saturated heterocycles. The molecule has 2 aromatic rings. The van der Waals surface area contributed by atoms with Crippen molar-refractivity contribution in [1.29, 1.82) is 0 Å². The van der Waals surface area contributed by atoms with Crippen molar-refractivity contribution in [3.8, 4) is 0 Å². The Hall–Kier alpha value is -2.22. The van der Waals surface area contributed by atoms with E-state index in [0.717, 1.165) is 17.7 Å². The number of hydrogen-bond acceptors (Lipinski definition) is 4. The number of halogens is 3. The van der Waals surface area contributed by atoms with E-state index in [1.165, 1.54) is 12.1 Å². The topological polar surface area (TPSA) is 61.3 Å². The predicted octanol–water partition coefficient (Wildman–Crippen LogP) is 2.45. The minimum Gasteiger partial charge on any atom is -0.361 e. The van der Waals surface area contributed by atoms with Gasteiger partial charge >= 0.3 is 6.18 Å². The van der Waals surface area contributed by atoms with Crippen LogP contribution in [-0.2, 0) is 6.18 Å². The van der Waals surface area contributed by atoms with Crippen molar-refractivity contribution in [1.82, 2.24) is 10.5 Å². The van der Waals surface area contributed by atoms with Crippen LogP contribution in [0.15, 0.2) is 33.6 Å². The minimum absolute atomic E-state index is 0.133. The fourth-order valence-electron chi connectivity index (χ4n) is 2.83. The van der Waals surface area contributed by atoms with Crippen LogP contribution in [0, 0.1) is 6.92 Å². The summed E-state index contributed by atoms with van der Waals surface area (Å²) in [4.78, 5) is 13.1. The number of hydrogen-bond donors (Lipinski definition) is 2. The Morgan fingerprint density at radius 3 is 2.70 bits per heavy atom. The first-order valence-corrected chi connectivity index (χ1v) is 7.19. The number of H-pyrrole nitrogens is 1. The van der Waals surface area contributed by atoms with Gasteiger partial charge in [0.25, 0.3) is 5.56 Å². The molecule has 2 N–H and O–H groups in total. The van der Waals surface area contributed by atoms with Crippen molar-refractivity contribution in [3.05, 3.63) is 51.3 Å². The third-order valence-electron chi connectivity index (χ3n) is 3.97. The standard InChI is InChI=1S/C15H16F3N3O2/c1-9-6-10(15(16,17)18)2-3-11(9)12-8-21(5-4-19-12)14-7-13(22)20-23-14/h2-3,6-7,12,19H,4-5,8H2,1H3,(H,20,22). The normalized spacial score (nSPS) is 19.1. The average molecular weight is 327 g/mol. The van der Waals surface area contributed by atoms with Crippen molar-refractivity contribution in [3.63, 3.8) is 0 Å². The second-order valence-electron chi connectivity index (χ2n) is 5.57. The van der Waals surface area contributed by atoms with Crippen molar-refractivity contribution >= 4 is 5.88 Å². The van der Waals surface area contributed by atoms with E-state index in [1.54, 1.807) is 6.92 Å². The molecule has 3 rings (SSSR count). The predicted molar refractivity (Wildman–Crippen MR) is 78.5 cm³/mol. The molecular formula is C15H16F3N3O2. The van der Waals surface area contributed by atoms with Gasteiger partial charge in [0.15, 0.2) is 0 Å². The zero-order valence-corrected chi connectivity index (χ0v) is 12.4. The Bertz CT molecular complexity index is 751. The maximum absolute atomic E-state index is 12.8. The van der Waals surface area contributed by atoms with Gasteiger partial charge < -0.3 is 14.7 Å². The number of benzene rings is 1. The van der Waals surface area contributed by atoms with Crippen molar-refractivity contribution in [2.24, 2.45) is 0 Å². The Morgan fingerprint density at radius 2 is 2.09 bits per heavy atom. The van der Waals surface area contributed by atoms with Gasteiger partial charge in [-0.2, -0.15) is 18.3 Å². The number of aromatic amines is 1. The lowest BCUT2D eigenvalue weighted by Crippen LogP contribution is -2.46. The summed E-state index contributed by atoms with van der Waals surface area (Å²) in [6, 6.07) is 4.99. The summed E-state index contributed by atoms with van der Waals surface area (Å²) in [6.45, 7) is 3.46. The van der Waals surface area contributed by atoms with E-state index < -0.39 is 11.7 Å². The molecule has 0 amide bonds. The molecule has 1 atom stereocenters. The molecule has 8 heteroatoms. The van der Waals surface area contributed by atoms with Crippen LogP contribution in [0.25, 0.3) is 0 Å². The van der Waals surface area contributed by atoms with Gasteiger partial charge in [0.1, 0.15) is 0 Å². The monoisotopic (exact) mass is 327 g/mol. The van der Waals surface area contributed by atoms with E-state index in [9.17, 15) is 18.0 Å². The number of nitrogens with one attached hydrogen (secondary N) is 2. The quantitative estimate of drug-likeness (QED) is 0.889. The highest BCUT2D eigenvalue weighted by atomic mass is 19.4. The molecule has 1 aromatic carbocycles. The van der Waals surface area contributed by atoms with Crippen LogP contribution in [0.3, 0.4) is 0 Å². The summed E-state index contributed by atoms with van der Waals surface area (Å²) < 4.78 is 43.4. The van der Waals surface area contributed by atoms with Crippen molar-refractivity contribution < 1.29 is 17.7 Å². The maximum Gasteiger partial charge on any atom is 0.416 e. The zero-order valence-electron chi connectivity index (χ0n) is 12.4. The summed E-state index contributed by atoms with van der Waals surface area (Å²) >= 11 is 0. The average Bonchev–Trinajstić information content (AvgIpc) is 2.93. The number of aryl methyl sites for hydroxylation is 1. The molecule has 1 aromatic heterocycles. The highest BCUT2D eigenvalue weighted by Gasteiger charge is 2.31. The molecule has 1 fully saturated rings. The van der Waals surface area contributed by atoms with Crippen LogP contribution < -0.4 is 15.8 Å². The summed E-state index contributed by atoms with van der Waals surface area (Å²) in [5.74, 6) is 0.436. The lowest BCUT2D eigenvalue weighted by molar-refractivity contribution is -0.137. The van der Waals surface area contributed by atoms with Gasteiger partial charge in [-0.15, -0.1) is 0 Å². The van der Waals surface area contributed by atoms with Gasteiger partial charge in [-0.05, 0) is 30.2 Å². The summed E-state index contributed by atoms with van der Waals surface area (Å²) in [5.41, 5.74) is 0.416. The molecule has 0 aliphatic carbocycles. The Balaban J connectivity index is 1.82. The largest absolute Gasteiger partial charge is 0.416 e. The van der Waals surface area contributed by atoms with Gasteiger partial charge in [0, 0.05) is 19.6 Å². The molecule has 1 aliphatic heterocycles. The number of nitrogens with zero attached hydrogens (tertiary/aromatic N) is 1.